The van der Waals surface area contributed by atoms with Crippen LogP contribution in [0, 0.1) is 0 Å². The summed E-state index contributed by atoms with van der Waals surface area (Å²) in [6.07, 6.45) is 0. The molecule has 0 atom stereocenters. The lowest BCUT2D eigenvalue weighted by molar-refractivity contribution is 1.19. The maximum absolute atomic E-state index is 2.50. The van der Waals surface area contributed by atoms with Crippen molar-refractivity contribution in [2.24, 2.45) is 0 Å². The molecule has 1 heterocycles. The zero-order valence-electron chi connectivity index (χ0n) is 39.5. The van der Waals surface area contributed by atoms with E-state index in [0.717, 1.165) is 50.6 Å². The second-order valence-electron chi connectivity index (χ2n) is 18.8. The molecule has 0 aliphatic carbocycles. The maximum atomic E-state index is 2.50. The first-order valence-electron chi connectivity index (χ1n) is 24.8. The minimum Gasteiger partial charge on any atom is -0.309 e. The summed E-state index contributed by atoms with van der Waals surface area (Å²) < 4.78 is 2.50. The molecule has 2 heteroatoms. The molecule has 0 N–H and O–H groups in total. The summed E-state index contributed by atoms with van der Waals surface area (Å²) in [5.74, 6) is 0. The lowest BCUT2D eigenvalue weighted by Gasteiger charge is -2.30. The molecule has 72 heavy (non-hydrogen) atoms. The van der Waals surface area contributed by atoms with E-state index in [-0.39, 0.29) is 0 Å². The lowest BCUT2D eigenvalue weighted by Crippen LogP contribution is -2.12. The molecular weight excluding hydrogens is 869 g/mol. The van der Waals surface area contributed by atoms with Gasteiger partial charge in [-0.25, -0.2) is 0 Å². The molecule has 1 aromatic heterocycles. The van der Waals surface area contributed by atoms with E-state index in [1.165, 1.54) is 81.6 Å². The zero-order valence-corrected chi connectivity index (χ0v) is 39.5. The Kier molecular flexibility index (Phi) is 9.89. The fraction of sp³-hybridized carbons (Fsp3) is 0. The highest BCUT2D eigenvalue weighted by atomic mass is 15.1. The number of aromatic nitrogens is 1. The van der Waals surface area contributed by atoms with E-state index in [1.807, 2.05) is 0 Å². The van der Waals surface area contributed by atoms with Crippen molar-refractivity contribution in [2.75, 3.05) is 4.90 Å². The molecule has 0 fully saturated rings. The molecule has 0 saturated heterocycles. The molecule has 2 nitrogen and oxygen atoms in total. The van der Waals surface area contributed by atoms with Crippen LogP contribution in [0.4, 0.5) is 17.1 Å². The van der Waals surface area contributed by atoms with Crippen molar-refractivity contribution >= 4 is 82.0 Å². The average molecular weight is 915 g/mol. The highest BCUT2D eigenvalue weighted by molar-refractivity contribution is 6.19. The van der Waals surface area contributed by atoms with Gasteiger partial charge in [-0.3, -0.25) is 0 Å². The molecule has 0 aliphatic heterocycles. The molecule has 0 amide bonds. The Bertz CT molecular complexity index is 4400. The van der Waals surface area contributed by atoms with Crippen LogP contribution in [0.15, 0.2) is 279 Å². The van der Waals surface area contributed by atoms with E-state index in [4.69, 9.17) is 0 Å². The quantitative estimate of drug-likeness (QED) is 0.147. The van der Waals surface area contributed by atoms with Crippen LogP contribution in [0.25, 0.3) is 115 Å². The van der Waals surface area contributed by atoms with Gasteiger partial charge in [0.1, 0.15) is 0 Å². The van der Waals surface area contributed by atoms with E-state index in [0.29, 0.717) is 0 Å². The molecule has 0 radical (unpaired) electrons. The van der Waals surface area contributed by atoms with Gasteiger partial charge in [0, 0.05) is 38.4 Å². The highest BCUT2D eigenvalue weighted by Crippen LogP contribution is 2.49. The molecule has 336 valence electrons. The number of hydrogen-bond donors (Lipinski definition) is 0. The Morgan fingerprint density at radius 3 is 1.69 bits per heavy atom. The Hall–Kier alpha value is -9.50. The van der Waals surface area contributed by atoms with Gasteiger partial charge in [-0.2, -0.15) is 0 Å². The predicted molar refractivity (Wildman–Crippen MR) is 307 cm³/mol. The van der Waals surface area contributed by atoms with E-state index in [9.17, 15) is 0 Å². The molecule has 13 aromatic carbocycles. The number of anilines is 3. The summed E-state index contributed by atoms with van der Waals surface area (Å²) in [4.78, 5) is 2.50. The maximum Gasteiger partial charge on any atom is 0.0619 e. The molecule has 0 bridgehead atoms. The average Bonchev–Trinajstić information content (AvgIpc) is 3.80. The van der Waals surface area contributed by atoms with Gasteiger partial charge in [0.2, 0.25) is 0 Å². The van der Waals surface area contributed by atoms with Crippen LogP contribution in [0.1, 0.15) is 0 Å². The first-order chi connectivity index (χ1) is 35.7. The van der Waals surface area contributed by atoms with Crippen molar-refractivity contribution in [1.29, 1.82) is 0 Å². The van der Waals surface area contributed by atoms with Crippen LogP contribution in [-0.2, 0) is 0 Å². The van der Waals surface area contributed by atoms with E-state index in [2.05, 4.69) is 289 Å². The second kappa shape index (κ2) is 17.2. The Morgan fingerprint density at radius 1 is 0.250 bits per heavy atom. The molecule has 0 spiro atoms. The molecule has 0 aliphatic rings. The van der Waals surface area contributed by atoms with Gasteiger partial charge >= 0.3 is 0 Å². The van der Waals surface area contributed by atoms with Gasteiger partial charge in [-0.05, 0) is 108 Å². The number of hydrogen-bond acceptors (Lipinski definition) is 1. The van der Waals surface area contributed by atoms with Crippen LogP contribution in [0.3, 0.4) is 0 Å². The summed E-state index contributed by atoms with van der Waals surface area (Å²) >= 11 is 0. The molecule has 0 saturated carbocycles. The Labute approximate surface area is 418 Å². The number of rotatable bonds is 8. The van der Waals surface area contributed by atoms with E-state index in [1.54, 1.807) is 0 Å². The third kappa shape index (κ3) is 6.80. The van der Waals surface area contributed by atoms with Crippen LogP contribution in [-0.4, -0.2) is 4.57 Å². The predicted octanol–water partition coefficient (Wildman–Crippen LogP) is 19.5. The number of benzene rings is 13. The highest BCUT2D eigenvalue weighted by Gasteiger charge is 2.24. The van der Waals surface area contributed by atoms with Crippen molar-refractivity contribution in [3.8, 4) is 50.2 Å². The standard InChI is InChI=1S/C70H46N2/c1-2-20-49(21-3-1)65-46-53(40-42-59(65)62-31-13-16-35-67(62)72-68-36-17-14-32-63(68)64-41-39-50-23-7-9-27-56(50)70(64)72)71(66-34-15-12-30-60(66)58-33-18-25-48-22-6-8-26-54(48)58)69-44-43-55(57-28-10-11-29-61(57)69)52-38-37-47-19-4-5-24-51(47)45-52/h1-46H. The minimum absolute atomic E-state index is 1.06. The SMILES string of the molecule is c1ccc(-c2cc(N(c3ccccc3-c3cccc4ccccc34)c3ccc(-c4ccc5ccccc5c4)c4ccccc34)ccc2-c2ccccc2-n2c3ccccc3c3ccc4ccccc4c32)cc1. The summed E-state index contributed by atoms with van der Waals surface area (Å²) in [5, 5.41) is 12.2. The third-order valence-corrected chi connectivity index (χ3v) is 14.8. The van der Waals surface area contributed by atoms with Gasteiger partial charge < -0.3 is 9.47 Å². The van der Waals surface area contributed by atoms with Gasteiger partial charge in [0.15, 0.2) is 0 Å². The first kappa shape index (κ1) is 41.5. The van der Waals surface area contributed by atoms with Crippen LogP contribution < -0.4 is 4.90 Å². The van der Waals surface area contributed by atoms with Crippen LogP contribution in [0.2, 0.25) is 0 Å². The van der Waals surface area contributed by atoms with E-state index >= 15 is 0 Å². The largest absolute Gasteiger partial charge is 0.309 e. The topological polar surface area (TPSA) is 8.17 Å². The number of nitrogens with zero attached hydrogens (tertiary/aromatic N) is 2. The third-order valence-electron chi connectivity index (χ3n) is 14.8. The van der Waals surface area contributed by atoms with Gasteiger partial charge in [0.25, 0.3) is 0 Å². The summed E-state index contributed by atoms with van der Waals surface area (Å²) in [5.41, 5.74) is 16.2. The monoisotopic (exact) mass is 914 g/mol. The molecule has 0 unspecified atom stereocenters. The van der Waals surface area contributed by atoms with Gasteiger partial charge in [0.05, 0.1) is 28.1 Å². The fourth-order valence-corrected chi connectivity index (χ4v) is 11.5. The summed E-state index contributed by atoms with van der Waals surface area (Å²) in [6.45, 7) is 0. The summed E-state index contributed by atoms with van der Waals surface area (Å²) in [7, 11) is 0. The Morgan fingerprint density at radius 2 is 0.847 bits per heavy atom. The van der Waals surface area contributed by atoms with Crippen molar-refractivity contribution in [1.82, 2.24) is 4.57 Å². The Balaban J connectivity index is 1.03. The minimum atomic E-state index is 1.06. The van der Waals surface area contributed by atoms with Crippen LogP contribution >= 0.6 is 0 Å². The van der Waals surface area contributed by atoms with E-state index < -0.39 is 0 Å². The molecule has 14 aromatic rings. The van der Waals surface area contributed by atoms with Crippen molar-refractivity contribution in [2.45, 2.75) is 0 Å². The summed E-state index contributed by atoms with van der Waals surface area (Å²) in [6, 6.07) is 103. The van der Waals surface area contributed by atoms with Gasteiger partial charge in [-0.1, -0.05) is 237 Å². The zero-order chi connectivity index (χ0) is 47.5. The normalized spacial score (nSPS) is 11.6. The van der Waals surface area contributed by atoms with Crippen molar-refractivity contribution in [3.05, 3.63) is 279 Å². The molecular formula is C70H46N2. The molecule has 14 rings (SSSR count). The van der Waals surface area contributed by atoms with Gasteiger partial charge in [-0.15, -0.1) is 0 Å². The smallest absolute Gasteiger partial charge is 0.0619 e. The first-order valence-corrected chi connectivity index (χ1v) is 24.8. The lowest BCUT2D eigenvalue weighted by atomic mass is 9.91. The number of fused-ring (bicyclic) bond motifs is 8. The fourth-order valence-electron chi connectivity index (χ4n) is 11.5. The second-order valence-corrected chi connectivity index (χ2v) is 18.8. The van der Waals surface area contributed by atoms with Crippen molar-refractivity contribution < 1.29 is 0 Å². The van der Waals surface area contributed by atoms with Crippen LogP contribution in [0.5, 0.6) is 0 Å². The van der Waals surface area contributed by atoms with Crippen molar-refractivity contribution in [3.63, 3.8) is 0 Å². The number of para-hydroxylation sites is 3.